The summed E-state index contributed by atoms with van der Waals surface area (Å²) in [7, 11) is -0.660. The number of sulfonamides is 1. The summed E-state index contributed by atoms with van der Waals surface area (Å²) in [6.07, 6.45) is 2.19. The fraction of sp³-hybridized carbons (Fsp3) is 0.615. The van der Waals surface area contributed by atoms with Gasteiger partial charge in [0.05, 0.1) is 0 Å². The van der Waals surface area contributed by atoms with Crippen molar-refractivity contribution in [1.82, 2.24) is 14.9 Å². The van der Waals surface area contributed by atoms with Gasteiger partial charge in [0.1, 0.15) is 9.77 Å². The molecule has 1 aromatic rings. The van der Waals surface area contributed by atoms with Gasteiger partial charge in [-0.05, 0) is 43.3 Å². The summed E-state index contributed by atoms with van der Waals surface area (Å²) in [4.78, 5) is 12.6. The fourth-order valence-electron chi connectivity index (χ4n) is 2.28. The van der Waals surface area contributed by atoms with Crippen molar-refractivity contribution in [2.75, 3.05) is 33.7 Å². The molecule has 1 amide bonds. The first kappa shape index (κ1) is 16.4. The van der Waals surface area contributed by atoms with E-state index in [1.54, 1.807) is 5.38 Å². The molecular formula is C13H21N3O3S2. The number of nitrogens with zero attached hydrogens (tertiary/aromatic N) is 1. The van der Waals surface area contributed by atoms with Gasteiger partial charge in [0.25, 0.3) is 5.91 Å². The van der Waals surface area contributed by atoms with Crippen LogP contribution < -0.4 is 10.6 Å². The van der Waals surface area contributed by atoms with Gasteiger partial charge in [-0.15, -0.1) is 11.3 Å². The van der Waals surface area contributed by atoms with Crippen LogP contribution in [-0.4, -0.2) is 52.4 Å². The average Bonchev–Trinajstić information content (AvgIpc) is 2.96. The molecule has 1 saturated heterocycles. The first-order chi connectivity index (χ1) is 9.93. The highest BCUT2D eigenvalue weighted by molar-refractivity contribution is 7.89. The maximum Gasteiger partial charge on any atom is 0.262 e. The molecule has 0 bridgehead atoms. The molecule has 0 aliphatic carbocycles. The lowest BCUT2D eigenvalue weighted by atomic mass is 10.00. The van der Waals surface area contributed by atoms with E-state index in [4.69, 9.17) is 0 Å². The lowest BCUT2D eigenvalue weighted by molar-refractivity contribution is 0.0946. The molecule has 6 nitrogen and oxygen atoms in total. The van der Waals surface area contributed by atoms with Crippen molar-refractivity contribution in [3.05, 3.63) is 16.3 Å². The van der Waals surface area contributed by atoms with Crippen LogP contribution in [0.25, 0.3) is 0 Å². The molecule has 21 heavy (non-hydrogen) atoms. The van der Waals surface area contributed by atoms with Gasteiger partial charge in [-0.2, -0.15) is 0 Å². The molecule has 1 unspecified atom stereocenters. The third-order valence-electron chi connectivity index (χ3n) is 3.54. The molecule has 8 heteroatoms. The number of thiophene rings is 1. The zero-order valence-electron chi connectivity index (χ0n) is 12.3. The van der Waals surface area contributed by atoms with Crippen molar-refractivity contribution in [3.8, 4) is 0 Å². The minimum Gasteiger partial charge on any atom is -0.351 e. The topological polar surface area (TPSA) is 78.5 Å². The van der Waals surface area contributed by atoms with Crippen LogP contribution in [0.2, 0.25) is 0 Å². The summed E-state index contributed by atoms with van der Waals surface area (Å²) >= 11 is 1.16. The van der Waals surface area contributed by atoms with E-state index >= 15 is 0 Å². The van der Waals surface area contributed by atoms with Crippen molar-refractivity contribution < 1.29 is 13.2 Å². The van der Waals surface area contributed by atoms with E-state index in [-0.39, 0.29) is 15.7 Å². The van der Waals surface area contributed by atoms with Gasteiger partial charge in [0.15, 0.2) is 0 Å². The van der Waals surface area contributed by atoms with Gasteiger partial charge >= 0.3 is 0 Å². The van der Waals surface area contributed by atoms with Gasteiger partial charge in [0.2, 0.25) is 10.0 Å². The normalized spacial score (nSPS) is 19.7. The van der Waals surface area contributed by atoms with E-state index in [0.717, 1.165) is 41.6 Å². The largest absolute Gasteiger partial charge is 0.351 e. The molecule has 2 N–H and O–H groups in total. The van der Waals surface area contributed by atoms with Crippen LogP contribution in [-0.2, 0) is 10.0 Å². The molecule has 118 valence electrons. The Kier molecular flexibility index (Phi) is 5.37. The van der Waals surface area contributed by atoms with E-state index in [1.165, 1.54) is 20.2 Å². The number of piperidine rings is 1. The summed E-state index contributed by atoms with van der Waals surface area (Å²) in [6, 6.07) is 1.48. The summed E-state index contributed by atoms with van der Waals surface area (Å²) in [6.45, 7) is 2.50. The Balaban J connectivity index is 2.05. The van der Waals surface area contributed by atoms with Crippen LogP contribution in [0.15, 0.2) is 16.3 Å². The summed E-state index contributed by atoms with van der Waals surface area (Å²) in [5.41, 5.74) is 0. The molecule has 0 spiro atoms. The fourth-order valence-corrected chi connectivity index (χ4v) is 4.49. The number of rotatable bonds is 5. The SMILES string of the molecule is CN(C)S(=O)(=O)c1ccsc1C(=O)NCC1CCCNC1. The van der Waals surface area contributed by atoms with Crippen molar-refractivity contribution in [1.29, 1.82) is 0 Å². The maximum absolute atomic E-state index is 12.2. The number of amides is 1. The van der Waals surface area contributed by atoms with E-state index < -0.39 is 10.0 Å². The van der Waals surface area contributed by atoms with Crippen molar-refractivity contribution in [3.63, 3.8) is 0 Å². The van der Waals surface area contributed by atoms with Crippen LogP contribution in [0.3, 0.4) is 0 Å². The van der Waals surface area contributed by atoms with E-state index in [9.17, 15) is 13.2 Å². The number of nitrogens with one attached hydrogen (secondary N) is 2. The predicted molar refractivity (Wildman–Crippen MR) is 83.1 cm³/mol. The molecule has 0 radical (unpaired) electrons. The Hall–Kier alpha value is -0.960. The van der Waals surface area contributed by atoms with Crippen molar-refractivity contribution in [2.45, 2.75) is 17.7 Å². The second-order valence-corrected chi connectivity index (χ2v) is 8.36. The Morgan fingerprint density at radius 2 is 2.29 bits per heavy atom. The average molecular weight is 331 g/mol. The number of hydrogen-bond acceptors (Lipinski definition) is 5. The van der Waals surface area contributed by atoms with E-state index in [1.807, 2.05) is 0 Å². The number of carbonyl (C=O) groups is 1. The van der Waals surface area contributed by atoms with Crippen molar-refractivity contribution in [2.24, 2.45) is 5.92 Å². The van der Waals surface area contributed by atoms with Gasteiger partial charge in [-0.1, -0.05) is 0 Å². The van der Waals surface area contributed by atoms with Gasteiger partial charge in [-0.3, -0.25) is 4.79 Å². The van der Waals surface area contributed by atoms with E-state index in [2.05, 4.69) is 10.6 Å². The third kappa shape index (κ3) is 3.82. The molecular weight excluding hydrogens is 310 g/mol. The molecule has 1 aliphatic heterocycles. The lowest BCUT2D eigenvalue weighted by Gasteiger charge is -2.22. The molecule has 1 aromatic heterocycles. The first-order valence-electron chi connectivity index (χ1n) is 6.92. The van der Waals surface area contributed by atoms with E-state index in [0.29, 0.717) is 12.5 Å². The molecule has 1 aliphatic rings. The summed E-state index contributed by atoms with van der Waals surface area (Å²) in [5.74, 6) is 0.104. The van der Waals surface area contributed by atoms with Crippen molar-refractivity contribution >= 4 is 27.3 Å². The Labute approximate surface area is 129 Å². The van der Waals surface area contributed by atoms with Crippen LogP contribution in [0.4, 0.5) is 0 Å². The van der Waals surface area contributed by atoms with Crippen LogP contribution in [0.5, 0.6) is 0 Å². The lowest BCUT2D eigenvalue weighted by Crippen LogP contribution is -2.38. The number of hydrogen-bond donors (Lipinski definition) is 2. The highest BCUT2D eigenvalue weighted by atomic mass is 32.2. The Morgan fingerprint density at radius 3 is 2.90 bits per heavy atom. The second kappa shape index (κ2) is 6.87. The molecule has 1 atom stereocenters. The Morgan fingerprint density at radius 1 is 1.52 bits per heavy atom. The minimum atomic E-state index is -3.58. The smallest absolute Gasteiger partial charge is 0.262 e. The van der Waals surface area contributed by atoms with Gasteiger partial charge in [0, 0.05) is 20.6 Å². The summed E-state index contributed by atoms with van der Waals surface area (Å²) in [5, 5.41) is 7.78. The second-order valence-electron chi connectivity index (χ2n) is 5.32. The summed E-state index contributed by atoms with van der Waals surface area (Å²) < 4.78 is 25.5. The maximum atomic E-state index is 12.2. The zero-order chi connectivity index (χ0) is 15.5. The Bertz CT molecular complexity index is 590. The predicted octanol–water partition coefficient (Wildman–Crippen LogP) is 0.728. The number of carbonyl (C=O) groups excluding carboxylic acids is 1. The molecule has 2 heterocycles. The quantitative estimate of drug-likeness (QED) is 0.834. The standard InChI is InChI=1S/C13H21N3O3S2/c1-16(2)21(18,19)11-5-7-20-12(11)13(17)15-9-10-4-3-6-14-8-10/h5,7,10,14H,3-4,6,8-9H2,1-2H3,(H,15,17). The van der Waals surface area contributed by atoms with Gasteiger partial charge < -0.3 is 10.6 Å². The first-order valence-corrected chi connectivity index (χ1v) is 9.24. The third-order valence-corrected chi connectivity index (χ3v) is 6.44. The van der Waals surface area contributed by atoms with Crippen LogP contribution in [0.1, 0.15) is 22.5 Å². The molecule has 2 rings (SSSR count). The molecule has 0 saturated carbocycles. The monoisotopic (exact) mass is 331 g/mol. The molecule has 1 fully saturated rings. The van der Waals surface area contributed by atoms with Crippen LogP contribution in [0, 0.1) is 5.92 Å². The highest BCUT2D eigenvalue weighted by Gasteiger charge is 2.26. The van der Waals surface area contributed by atoms with Gasteiger partial charge in [-0.25, -0.2) is 12.7 Å². The zero-order valence-corrected chi connectivity index (χ0v) is 13.9. The van der Waals surface area contributed by atoms with Crippen LogP contribution >= 0.6 is 11.3 Å². The highest BCUT2D eigenvalue weighted by Crippen LogP contribution is 2.24. The molecule has 0 aromatic carbocycles. The minimum absolute atomic E-state index is 0.0803.